The lowest BCUT2D eigenvalue weighted by Crippen LogP contribution is -2.19. The molecule has 182 valence electrons. The second-order valence-corrected chi connectivity index (χ2v) is 7.68. The molecule has 1 aliphatic rings. The monoisotopic (exact) mass is 473 g/mol. The number of hydrogen-bond donors (Lipinski definition) is 2. The summed E-state index contributed by atoms with van der Waals surface area (Å²) < 4.78 is 17.3. The second-order valence-electron chi connectivity index (χ2n) is 7.68. The molecule has 3 heterocycles. The Hall–Kier alpha value is -3.56. The Morgan fingerprint density at radius 3 is 2.59 bits per heavy atom. The van der Waals surface area contributed by atoms with Gasteiger partial charge in [-0.15, -0.1) is 0 Å². The van der Waals surface area contributed by atoms with Crippen LogP contribution in [0.2, 0.25) is 0 Å². The molecule has 1 saturated heterocycles. The number of nitrogens with one attached hydrogen (secondary N) is 1. The van der Waals surface area contributed by atoms with Crippen molar-refractivity contribution in [3.8, 4) is 11.8 Å². The van der Waals surface area contributed by atoms with Crippen molar-refractivity contribution in [3.05, 3.63) is 16.0 Å². The largest absolute Gasteiger partial charge is 0.464 e. The molecule has 0 spiro atoms. The molecule has 12 nitrogen and oxygen atoms in total. The van der Waals surface area contributed by atoms with Crippen molar-refractivity contribution >= 4 is 35.1 Å². The van der Waals surface area contributed by atoms with E-state index in [0.717, 1.165) is 0 Å². The summed E-state index contributed by atoms with van der Waals surface area (Å²) in [7, 11) is 0. The standard InChI is InChI=1S/C22H27N5O7/c1-5-17-16(30)9-18(34-17)27-20-19(21(31)25-22(24-20)23-6-2)15(26-27)8-7-14(10-32-12(3)28)11-33-13(4)29/h6,14,16-18,30H,5,9-11H2,1-4H3,(H,24,25,31)/b23-6+/t16-,17-,18-/m1/s1. The van der Waals surface area contributed by atoms with Gasteiger partial charge >= 0.3 is 11.9 Å². The molecule has 3 rings (SSSR count). The fraction of sp³-hybridized carbons (Fsp3) is 0.545. The SMILES string of the molecule is C/C=N/c1nc2c(c(C#CC(COC(C)=O)COC(C)=O)nn2[C@H]2C[C@@H](O)[C@@H](CC)O2)c(=O)[nH]1. The van der Waals surface area contributed by atoms with Gasteiger partial charge in [-0.2, -0.15) is 10.1 Å². The molecule has 1 aliphatic heterocycles. The quantitative estimate of drug-likeness (QED) is 0.340. The zero-order chi connectivity index (χ0) is 24.8. The van der Waals surface area contributed by atoms with E-state index in [4.69, 9.17) is 14.2 Å². The first-order valence-electron chi connectivity index (χ1n) is 10.9. The van der Waals surface area contributed by atoms with Crippen LogP contribution in [-0.2, 0) is 23.8 Å². The summed E-state index contributed by atoms with van der Waals surface area (Å²) in [6.07, 6.45) is 0.662. The minimum atomic E-state index is -0.684. The highest BCUT2D eigenvalue weighted by atomic mass is 16.5. The van der Waals surface area contributed by atoms with Crippen LogP contribution < -0.4 is 5.56 Å². The van der Waals surface area contributed by atoms with E-state index in [1.807, 2.05) is 6.92 Å². The van der Waals surface area contributed by atoms with Crippen LogP contribution in [0.3, 0.4) is 0 Å². The molecule has 0 aromatic carbocycles. The highest BCUT2D eigenvalue weighted by Crippen LogP contribution is 2.32. The van der Waals surface area contributed by atoms with E-state index < -0.39 is 35.7 Å². The molecule has 34 heavy (non-hydrogen) atoms. The number of aliphatic imine (C=N–C) groups is 1. The first-order valence-corrected chi connectivity index (χ1v) is 10.9. The molecule has 3 atom stereocenters. The van der Waals surface area contributed by atoms with Crippen molar-refractivity contribution in [2.75, 3.05) is 13.2 Å². The maximum atomic E-state index is 12.9. The van der Waals surface area contributed by atoms with Crippen LogP contribution in [0.25, 0.3) is 11.0 Å². The molecular formula is C22H27N5O7. The summed E-state index contributed by atoms with van der Waals surface area (Å²) in [5.74, 6) is 4.13. The van der Waals surface area contributed by atoms with Gasteiger partial charge in [0.1, 0.15) is 18.6 Å². The zero-order valence-corrected chi connectivity index (χ0v) is 19.4. The lowest BCUT2D eigenvalue weighted by atomic mass is 10.1. The number of aromatic nitrogens is 4. The fourth-order valence-corrected chi connectivity index (χ4v) is 3.48. The van der Waals surface area contributed by atoms with E-state index in [-0.39, 0.29) is 48.4 Å². The van der Waals surface area contributed by atoms with Gasteiger partial charge in [0, 0.05) is 26.5 Å². The van der Waals surface area contributed by atoms with E-state index in [2.05, 4.69) is 31.9 Å². The number of aliphatic hydroxyl groups excluding tert-OH is 1. The number of aromatic amines is 1. The van der Waals surface area contributed by atoms with Gasteiger partial charge in [-0.25, -0.2) is 9.67 Å². The smallest absolute Gasteiger partial charge is 0.302 e. The Balaban J connectivity index is 2.06. The van der Waals surface area contributed by atoms with Crippen LogP contribution in [0.15, 0.2) is 9.79 Å². The van der Waals surface area contributed by atoms with Gasteiger partial charge in [-0.3, -0.25) is 19.4 Å². The number of ether oxygens (including phenoxy) is 3. The zero-order valence-electron chi connectivity index (χ0n) is 19.4. The fourth-order valence-electron chi connectivity index (χ4n) is 3.48. The summed E-state index contributed by atoms with van der Waals surface area (Å²) in [6, 6.07) is 0. The van der Waals surface area contributed by atoms with Crippen LogP contribution >= 0.6 is 0 Å². The normalized spacial score (nSPS) is 20.0. The third-order valence-corrected chi connectivity index (χ3v) is 5.05. The average Bonchev–Trinajstić information content (AvgIpc) is 3.33. The number of aliphatic hydroxyl groups is 1. The number of fused-ring (bicyclic) bond motifs is 1. The molecular weight excluding hydrogens is 446 g/mol. The third-order valence-electron chi connectivity index (χ3n) is 5.05. The van der Waals surface area contributed by atoms with Crippen LogP contribution in [0, 0.1) is 17.8 Å². The van der Waals surface area contributed by atoms with Crippen molar-refractivity contribution < 1.29 is 28.9 Å². The number of rotatable bonds is 7. The minimum absolute atomic E-state index is 0.0915. The van der Waals surface area contributed by atoms with Gasteiger partial charge in [0.15, 0.2) is 17.6 Å². The second kappa shape index (κ2) is 11.0. The Morgan fingerprint density at radius 1 is 1.35 bits per heavy atom. The minimum Gasteiger partial charge on any atom is -0.464 e. The van der Waals surface area contributed by atoms with E-state index in [0.29, 0.717) is 6.42 Å². The molecule has 2 aromatic rings. The van der Waals surface area contributed by atoms with Crippen molar-refractivity contribution in [1.82, 2.24) is 19.7 Å². The summed E-state index contributed by atoms with van der Waals surface area (Å²) in [5.41, 5.74) is -0.174. The first kappa shape index (κ1) is 25.1. The Labute approximate surface area is 195 Å². The van der Waals surface area contributed by atoms with Gasteiger partial charge < -0.3 is 19.3 Å². The molecule has 2 aromatic heterocycles. The van der Waals surface area contributed by atoms with Gasteiger partial charge in [0.2, 0.25) is 5.95 Å². The molecule has 0 saturated carbocycles. The van der Waals surface area contributed by atoms with E-state index in [9.17, 15) is 19.5 Å². The van der Waals surface area contributed by atoms with Crippen LogP contribution in [0.4, 0.5) is 5.95 Å². The van der Waals surface area contributed by atoms with Crippen molar-refractivity contribution in [1.29, 1.82) is 0 Å². The molecule has 0 amide bonds. The Kier molecular flexibility index (Phi) is 8.14. The van der Waals surface area contributed by atoms with Crippen LogP contribution in [0.1, 0.15) is 52.5 Å². The number of esters is 2. The number of carbonyl (C=O) groups excluding carboxylic acids is 2. The van der Waals surface area contributed by atoms with Crippen molar-refractivity contribution in [2.24, 2.45) is 10.9 Å². The number of H-pyrrole nitrogens is 1. The third kappa shape index (κ3) is 5.86. The maximum absolute atomic E-state index is 12.9. The molecule has 0 radical (unpaired) electrons. The van der Waals surface area contributed by atoms with Gasteiger partial charge in [-0.05, 0) is 19.3 Å². The molecule has 0 unspecified atom stereocenters. The van der Waals surface area contributed by atoms with Gasteiger partial charge in [-0.1, -0.05) is 12.8 Å². The molecule has 12 heteroatoms. The van der Waals surface area contributed by atoms with Crippen molar-refractivity contribution in [3.63, 3.8) is 0 Å². The van der Waals surface area contributed by atoms with Crippen molar-refractivity contribution in [2.45, 2.75) is 59.0 Å². The summed E-state index contributed by atoms with van der Waals surface area (Å²) in [4.78, 5) is 46.3. The van der Waals surface area contributed by atoms with Gasteiger partial charge in [0.05, 0.1) is 18.1 Å². The molecule has 1 fully saturated rings. The summed E-state index contributed by atoms with van der Waals surface area (Å²) in [6.45, 7) is 5.90. The topological polar surface area (TPSA) is 158 Å². The van der Waals surface area contributed by atoms with E-state index >= 15 is 0 Å². The predicted molar refractivity (Wildman–Crippen MR) is 120 cm³/mol. The Bertz CT molecular complexity index is 1190. The summed E-state index contributed by atoms with van der Waals surface area (Å²) in [5, 5.41) is 14.9. The molecule has 0 aliphatic carbocycles. The molecule has 2 N–H and O–H groups in total. The lowest BCUT2D eigenvalue weighted by Gasteiger charge is -2.13. The highest BCUT2D eigenvalue weighted by molar-refractivity contribution is 5.81. The number of nitrogens with zero attached hydrogens (tertiary/aromatic N) is 4. The van der Waals surface area contributed by atoms with Crippen LogP contribution in [-0.4, -0.2) is 68.4 Å². The highest BCUT2D eigenvalue weighted by Gasteiger charge is 2.36. The lowest BCUT2D eigenvalue weighted by molar-refractivity contribution is -0.144. The Morgan fingerprint density at radius 2 is 2.03 bits per heavy atom. The van der Waals surface area contributed by atoms with E-state index in [1.54, 1.807) is 6.92 Å². The predicted octanol–water partition coefficient (Wildman–Crippen LogP) is 0.994. The molecule has 0 bridgehead atoms. The van der Waals surface area contributed by atoms with Crippen LogP contribution in [0.5, 0.6) is 0 Å². The summed E-state index contributed by atoms with van der Waals surface area (Å²) >= 11 is 0. The number of carbonyl (C=O) groups is 2. The average molecular weight is 473 g/mol. The maximum Gasteiger partial charge on any atom is 0.302 e. The first-order chi connectivity index (χ1) is 16.2. The number of hydrogen-bond acceptors (Lipinski definition) is 10. The van der Waals surface area contributed by atoms with Gasteiger partial charge in [0.25, 0.3) is 5.56 Å². The van der Waals surface area contributed by atoms with E-state index in [1.165, 1.54) is 24.7 Å².